The second-order valence-corrected chi connectivity index (χ2v) is 5.23. The van der Waals surface area contributed by atoms with Gasteiger partial charge in [-0.05, 0) is 34.0 Å². The Hall–Kier alpha value is -2.77. The first-order valence-electron chi connectivity index (χ1n) is 6.82. The molecule has 1 amide bonds. The van der Waals surface area contributed by atoms with E-state index in [4.69, 9.17) is 5.11 Å². The fourth-order valence-electron chi connectivity index (χ4n) is 1.97. The second-order valence-electron chi connectivity index (χ2n) is 5.23. The van der Waals surface area contributed by atoms with E-state index in [0.717, 1.165) is 11.3 Å². The van der Waals surface area contributed by atoms with E-state index in [9.17, 15) is 9.59 Å². The molecule has 0 radical (unpaired) electrons. The number of carboxylic acid groups (broad SMARTS) is 1. The average molecular weight is 303 g/mol. The number of benzene rings is 1. The Kier molecular flexibility index (Phi) is 4.82. The van der Waals surface area contributed by atoms with Crippen LogP contribution in [0.3, 0.4) is 0 Å². The summed E-state index contributed by atoms with van der Waals surface area (Å²) in [4.78, 5) is 23.0. The summed E-state index contributed by atoms with van der Waals surface area (Å²) in [7, 11) is 0. The third-order valence-corrected chi connectivity index (χ3v) is 3.16. The van der Waals surface area contributed by atoms with Gasteiger partial charge in [0.15, 0.2) is 0 Å². The minimum atomic E-state index is -1.03. The summed E-state index contributed by atoms with van der Waals surface area (Å²) in [5.74, 6) is -1.53. The molecule has 0 aliphatic heterocycles. The van der Waals surface area contributed by atoms with Crippen molar-refractivity contribution in [2.75, 3.05) is 0 Å². The summed E-state index contributed by atoms with van der Waals surface area (Å²) in [6.45, 7) is 3.50. The van der Waals surface area contributed by atoms with Gasteiger partial charge in [-0.15, -0.1) is 5.10 Å². The van der Waals surface area contributed by atoms with Gasteiger partial charge >= 0.3 is 5.97 Å². The monoisotopic (exact) mass is 303 g/mol. The van der Waals surface area contributed by atoms with Crippen LogP contribution in [0.2, 0.25) is 0 Å². The summed E-state index contributed by atoms with van der Waals surface area (Å²) in [5.41, 5.74) is 1.56. The van der Waals surface area contributed by atoms with Crippen molar-refractivity contribution in [1.82, 2.24) is 25.5 Å². The lowest BCUT2D eigenvalue weighted by molar-refractivity contribution is -0.143. The highest BCUT2D eigenvalue weighted by molar-refractivity contribution is 5.85. The van der Waals surface area contributed by atoms with E-state index in [0.29, 0.717) is 0 Å². The van der Waals surface area contributed by atoms with Crippen molar-refractivity contribution in [3.05, 3.63) is 36.2 Å². The molecule has 2 N–H and O–H groups in total. The van der Waals surface area contributed by atoms with Crippen molar-refractivity contribution >= 4 is 11.9 Å². The number of amides is 1. The predicted octanol–water partition coefficient (Wildman–Crippen LogP) is 0.430. The Bertz CT molecular complexity index is 637. The van der Waals surface area contributed by atoms with Gasteiger partial charge < -0.3 is 10.4 Å². The number of tetrazole rings is 1. The number of rotatable bonds is 6. The maximum Gasteiger partial charge on any atom is 0.326 e. The zero-order valence-electron chi connectivity index (χ0n) is 12.3. The van der Waals surface area contributed by atoms with Crippen LogP contribution in [0.5, 0.6) is 0 Å². The van der Waals surface area contributed by atoms with Crippen LogP contribution in [0.1, 0.15) is 19.4 Å². The van der Waals surface area contributed by atoms with E-state index in [2.05, 4.69) is 20.8 Å². The van der Waals surface area contributed by atoms with E-state index in [-0.39, 0.29) is 18.2 Å². The first kappa shape index (κ1) is 15.6. The Morgan fingerprint density at radius 2 is 1.95 bits per heavy atom. The topological polar surface area (TPSA) is 110 Å². The number of hydrogen-bond donors (Lipinski definition) is 2. The van der Waals surface area contributed by atoms with Crippen molar-refractivity contribution in [3.8, 4) is 5.69 Å². The fourth-order valence-corrected chi connectivity index (χ4v) is 1.97. The molecule has 0 saturated heterocycles. The van der Waals surface area contributed by atoms with Crippen LogP contribution in [0, 0.1) is 5.92 Å². The average Bonchev–Trinajstić information content (AvgIpc) is 2.99. The van der Waals surface area contributed by atoms with Gasteiger partial charge in [0, 0.05) is 0 Å². The highest BCUT2D eigenvalue weighted by Crippen LogP contribution is 2.09. The third kappa shape index (κ3) is 3.87. The van der Waals surface area contributed by atoms with Crippen LogP contribution < -0.4 is 5.32 Å². The number of aromatic nitrogens is 4. The van der Waals surface area contributed by atoms with Gasteiger partial charge in [0.1, 0.15) is 12.4 Å². The highest BCUT2D eigenvalue weighted by Gasteiger charge is 2.23. The van der Waals surface area contributed by atoms with Crippen molar-refractivity contribution < 1.29 is 14.7 Å². The number of aliphatic carboxylic acids is 1. The van der Waals surface area contributed by atoms with Crippen molar-refractivity contribution in [2.24, 2.45) is 5.92 Å². The Balaban J connectivity index is 1.98. The molecule has 22 heavy (non-hydrogen) atoms. The zero-order chi connectivity index (χ0) is 16.1. The predicted molar refractivity (Wildman–Crippen MR) is 77.3 cm³/mol. The smallest absolute Gasteiger partial charge is 0.326 e. The molecule has 8 nitrogen and oxygen atoms in total. The van der Waals surface area contributed by atoms with Crippen LogP contribution in [0.15, 0.2) is 30.6 Å². The molecule has 0 spiro atoms. The summed E-state index contributed by atoms with van der Waals surface area (Å²) in [5, 5.41) is 22.5. The number of nitrogens with zero attached hydrogens (tertiary/aromatic N) is 4. The van der Waals surface area contributed by atoms with Gasteiger partial charge in [0.25, 0.3) is 0 Å². The van der Waals surface area contributed by atoms with E-state index >= 15 is 0 Å². The first-order valence-corrected chi connectivity index (χ1v) is 6.82. The zero-order valence-corrected chi connectivity index (χ0v) is 12.3. The summed E-state index contributed by atoms with van der Waals surface area (Å²) in [6.07, 6.45) is 1.59. The van der Waals surface area contributed by atoms with E-state index in [1.165, 1.54) is 11.0 Å². The molecule has 0 bridgehead atoms. The summed E-state index contributed by atoms with van der Waals surface area (Å²) in [6, 6.07) is 6.25. The van der Waals surface area contributed by atoms with Crippen LogP contribution in [0.25, 0.3) is 5.69 Å². The SMILES string of the molecule is CC(C)C(NC(=O)Cc1ccc(-n2cnnn2)cc1)C(=O)O. The Labute approximate surface area is 127 Å². The lowest BCUT2D eigenvalue weighted by Gasteiger charge is -2.17. The molecule has 116 valence electrons. The van der Waals surface area contributed by atoms with Crippen molar-refractivity contribution in [1.29, 1.82) is 0 Å². The Morgan fingerprint density at radius 1 is 1.27 bits per heavy atom. The molecule has 1 unspecified atom stereocenters. The molecule has 2 rings (SSSR count). The number of carbonyl (C=O) groups is 2. The van der Waals surface area contributed by atoms with Gasteiger partial charge in [-0.3, -0.25) is 4.79 Å². The maximum absolute atomic E-state index is 11.9. The molecule has 1 aromatic heterocycles. The standard InChI is InChI=1S/C14H17N5O3/c1-9(2)13(14(21)22)16-12(20)7-10-3-5-11(6-4-10)19-8-15-17-18-19/h3-6,8-9,13H,7H2,1-2H3,(H,16,20)(H,21,22). The number of carboxylic acids is 1. The Morgan fingerprint density at radius 3 is 2.45 bits per heavy atom. The van der Waals surface area contributed by atoms with Gasteiger partial charge in [0.05, 0.1) is 12.1 Å². The molecule has 8 heteroatoms. The number of hydrogen-bond acceptors (Lipinski definition) is 5. The molecular weight excluding hydrogens is 286 g/mol. The molecule has 0 saturated carbocycles. The number of carbonyl (C=O) groups excluding carboxylic acids is 1. The molecule has 1 aromatic carbocycles. The van der Waals surface area contributed by atoms with E-state index in [1.807, 2.05) is 0 Å². The molecule has 0 fully saturated rings. The molecule has 1 atom stereocenters. The van der Waals surface area contributed by atoms with Gasteiger partial charge in [-0.25, -0.2) is 9.48 Å². The van der Waals surface area contributed by atoms with Gasteiger partial charge in [-0.2, -0.15) is 0 Å². The highest BCUT2D eigenvalue weighted by atomic mass is 16.4. The first-order chi connectivity index (χ1) is 10.5. The van der Waals surface area contributed by atoms with E-state index in [1.54, 1.807) is 38.1 Å². The van der Waals surface area contributed by atoms with Crippen molar-refractivity contribution in [2.45, 2.75) is 26.3 Å². The van der Waals surface area contributed by atoms with Crippen LogP contribution >= 0.6 is 0 Å². The lowest BCUT2D eigenvalue weighted by Crippen LogP contribution is -2.44. The minimum Gasteiger partial charge on any atom is -0.480 e. The van der Waals surface area contributed by atoms with Crippen LogP contribution in [0.4, 0.5) is 0 Å². The maximum atomic E-state index is 11.9. The van der Waals surface area contributed by atoms with E-state index < -0.39 is 12.0 Å². The molecule has 2 aromatic rings. The summed E-state index contributed by atoms with van der Waals surface area (Å²) >= 11 is 0. The van der Waals surface area contributed by atoms with Gasteiger partial charge in [-0.1, -0.05) is 26.0 Å². The lowest BCUT2D eigenvalue weighted by atomic mass is 10.0. The molecule has 0 aliphatic rings. The third-order valence-electron chi connectivity index (χ3n) is 3.16. The number of nitrogens with one attached hydrogen (secondary N) is 1. The van der Waals surface area contributed by atoms with Gasteiger partial charge in [0.2, 0.25) is 5.91 Å². The molecule has 0 aliphatic carbocycles. The van der Waals surface area contributed by atoms with Crippen LogP contribution in [-0.2, 0) is 16.0 Å². The fraction of sp³-hybridized carbons (Fsp3) is 0.357. The molecule has 1 heterocycles. The normalized spacial score (nSPS) is 12.1. The van der Waals surface area contributed by atoms with Crippen LogP contribution in [-0.4, -0.2) is 43.2 Å². The minimum absolute atomic E-state index is 0.117. The quantitative estimate of drug-likeness (QED) is 0.800. The summed E-state index contributed by atoms with van der Waals surface area (Å²) < 4.78 is 1.50. The molecular formula is C14H17N5O3. The van der Waals surface area contributed by atoms with Crippen molar-refractivity contribution in [3.63, 3.8) is 0 Å². The second kappa shape index (κ2) is 6.79. The largest absolute Gasteiger partial charge is 0.480 e.